The van der Waals surface area contributed by atoms with Crippen LogP contribution < -0.4 is 10.6 Å². The van der Waals surface area contributed by atoms with Crippen molar-refractivity contribution in [3.8, 4) is 0 Å². The van der Waals surface area contributed by atoms with Crippen LogP contribution >= 0.6 is 11.8 Å². The number of hydrogen-bond acceptors (Lipinski definition) is 7. The molecule has 0 amide bonds. The molecule has 0 fully saturated rings. The number of anilines is 2. The number of thioether (sulfide) groups is 1. The van der Waals surface area contributed by atoms with Crippen LogP contribution in [0.15, 0.2) is 11.2 Å². The molecule has 6 nitrogen and oxygen atoms in total. The molecule has 1 unspecified atom stereocenters. The van der Waals surface area contributed by atoms with E-state index in [0.717, 1.165) is 12.4 Å². The second-order valence-electron chi connectivity index (χ2n) is 4.29. The first-order chi connectivity index (χ1) is 8.84. The van der Waals surface area contributed by atoms with Gasteiger partial charge >= 0.3 is 0 Å². The van der Waals surface area contributed by atoms with Gasteiger partial charge in [0.05, 0.1) is 5.75 Å². The van der Waals surface area contributed by atoms with Crippen LogP contribution in [0.5, 0.6) is 0 Å². The smallest absolute Gasteiger partial charge is 0.191 e. The third kappa shape index (κ3) is 6.11. The average molecular weight is 304 g/mol. The molecule has 1 atom stereocenters. The van der Waals surface area contributed by atoms with Crippen molar-refractivity contribution in [3.05, 3.63) is 6.07 Å². The van der Waals surface area contributed by atoms with E-state index in [-0.39, 0.29) is 11.8 Å². The minimum absolute atomic E-state index is 0.0716. The summed E-state index contributed by atoms with van der Waals surface area (Å²) in [5.41, 5.74) is 0. The highest BCUT2D eigenvalue weighted by Gasteiger charge is 2.12. The zero-order valence-electron chi connectivity index (χ0n) is 11.6. The summed E-state index contributed by atoms with van der Waals surface area (Å²) in [6.07, 6.45) is 3.12. The van der Waals surface area contributed by atoms with Gasteiger partial charge in [-0.3, -0.25) is 0 Å². The third-order valence-electron chi connectivity index (χ3n) is 2.19. The van der Waals surface area contributed by atoms with Crippen LogP contribution in [-0.2, 0) is 9.84 Å². The Morgan fingerprint density at radius 1 is 1.37 bits per heavy atom. The fraction of sp³-hybridized carbons (Fsp3) is 0.636. The number of rotatable bonds is 7. The van der Waals surface area contributed by atoms with E-state index in [0.29, 0.717) is 11.0 Å². The summed E-state index contributed by atoms with van der Waals surface area (Å²) in [6.45, 7) is 4.57. The SMILES string of the molecule is CCNc1cc(NC(C)CS(C)(=O)=O)nc(SC)n1. The molecule has 2 N–H and O–H groups in total. The molecule has 0 aliphatic rings. The van der Waals surface area contributed by atoms with E-state index in [1.807, 2.05) is 20.1 Å². The molecule has 1 aromatic heterocycles. The Hall–Kier alpha value is -1.02. The van der Waals surface area contributed by atoms with Crippen molar-refractivity contribution in [2.24, 2.45) is 0 Å². The maximum atomic E-state index is 11.2. The van der Waals surface area contributed by atoms with Gasteiger partial charge in [-0.15, -0.1) is 0 Å². The van der Waals surface area contributed by atoms with Gasteiger partial charge in [-0.05, 0) is 20.1 Å². The predicted octanol–water partition coefficient (Wildman–Crippen LogP) is 1.48. The topological polar surface area (TPSA) is 84.0 Å². The van der Waals surface area contributed by atoms with E-state index in [1.165, 1.54) is 18.0 Å². The first-order valence-corrected chi connectivity index (χ1v) is 9.23. The minimum atomic E-state index is -3.01. The fourth-order valence-corrected chi connectivity index (χ4v) is 2.98. The van der Waals surface area contributed by atoms with Gasteiger partial charge in [-0.2, -0.15) is 0 Å². The first kappa shape index (κ1) is 16.0. The normalized spacial score (nSPS) is 13.1. The van der Waals surface area contributed by atoms with E-state index < -0.39 is 9.84 Å². The zero-order chi connectivity index (χ0) is 14.5. The Balaban J connectivity index is 2.84. The Kier molecular flexibility index (Phi) is 5.86. The summed E-state index contributed by atoms with van der Waals surface area (Å²) in [5.74, 6) is 1.43. The average Bonchev–Trinajstić information content (AvgIpc) is 2.26. The minimum Gasteiger partial charge on any atom is -0.370 e. The Morgan fingerprint density at radius 2 is 2.00 bits per heavy atom. The van der Waals surface area contributed by atoms with Crippen molar-refractivity contribution < 1.29 is 8.42 Å². The maximum absolute atomic E-state index is 11.2. The van der Waals surface area contributed by atoms with E-state index >= 15 is 0 Å². The fourth-order valence-electron chi connectivity index (χ4n) is 1.61. The lowest BCUT2D eigenvalue weighted by Gasteiger charge is -2.15. The van der Waals surface area contributed by atoms with Crippen LogP contribution in [0.4, 0.5) is 11.6 Å². The molecule has 1 aromatic rings. The van der Waals surface area contributed by atoms with Crippen LogP contribution in [0, 0.1) is 0 Å². The number of hydrogen-bond donors (Lipinski definition) is 2. The molecule has 1 heterocycles. The predicted molar refractivity (Wildman–Crippen MR) is 80.8 cm³/mol. The molecule has 0 spiro atoms. The molecule has 8 heteroatoms. The van der Waals surface area contributed by atoms with Crippen LogP contribution in [-0.4, -0.2) is 49.2 Å². The van der Waals surface area contributed by atoms with Gasteiger partial charge in [0, 0.05) is 24.9 Å². The van der Waals surface area contributed by atoms with E-state index in [4.69, 9.17) is 0 Å². The number of nitrogens with zero attached hydrogens (tertiary/aromatic N) is 2. The van der Waals surface area contributed by atoms with Crippen LogP contribution in [0.3, 0.4) is 0 Å². The molecule has 0 aliphatic heterocycles. The lowest BCUT2D eigenvalue weighted by Crippen LogP contribution is -2.25. The second-order valence-corrected chi connectivity index (χ2v) is 7.25. The molecule has 108 valence electrons. The van der Waals surface area contributed by atoms with Gasteiger partial charge in [0.15, 0.2) is 5.16 Å². The van der Waals surface area contributed by atoms with Crippen LogP contribution in [0.2, 0.25) is 0 Å². The molecule has 0 saturated carbocycles. The lowest BCUT2D eigenvalue weighted by atomic mass is 10.4. The van der Waals surface area contributed by atoms with Crippen LogP contribution in [0.1, 0.15) is 13.8 Å². The monoisotopic (exact) mass is 304 g/mol. The highest BCUT2D eigenvalue weighted by atomic mass is 32.2. The van der Waals surface area contributed by atoms with E-state index in [9.17, 15) is 8.42 Å². The summed E-state index contributed by atoms with van der Waals surface area (Å²) >= 11 is 1.44. The van der Waals surface area contributed by atoms with Crippen LogP contribution in [0.25, 0.3) is 0 Å². The maximum Gasteiger partial charge on any atom is 0.191 e. The van der Waals surface area contributed by atoms with Gasteiger partial charge in [-0.1, -0.05) is 11.8 Å². The molecule has 0 radical (unpaired) electrons. The molecule has 0 aromatic carbocycles. The highest BCUT2D eigenvalue weighted by Crippen LogP contribution is 2.17. The molecule has 0 aliphatic carbocycles. The van der Waals surface area contributed by atoms with Gasteiger partial charge in [0.25, 0.3) is 0 Å². The van der Waals surface area contributed by atoms with Gasteiger partial charge < -0.3 is 10.6 Å². The Labute approximate surface area is 118 Å². The largest absolute Gasteiger partial charge is 0.370 e. The van der Waals surface area contributed by atoms with Crippen molar-refractivity contribution >= 4 is 33.2 Å². The summed E-state index contributed by atoms with van der Waals surface area (Å²) in [7, 11) is -3.01. The molecule has 0 saturated heterocycles. The number of aromatic nitrogens is 2. The van der Waals surface area contributed by atoms with Gasteiger partial charge in [-0.25, -0.2) is 18.4 Å². The van der Waals surface area contributed by atoms with Crippen molar-refractivity contribution in [1.29, 1.82) is 0 Å². The third-order valence-corrected chi connectivity index (χ3v) is 3.85. The molecule has 0 bridgehead atoms. The molecule has 19 heavy (non-hydrogen) atoms. The molecular formula is C11H20N4O2S2. The molecular weight excluding hydrogens is 284 g/mol. The first-order valence-electron chi connectivity index (χ1n) is 5.95. The standard InChI is InChI=1S/C11H20N4O2S2/c1-5-12-9-6-10(15-11(14-9)18-3)13-8(2)7-19(4,16)17/h6,8H,5,7H2,1-4H3,(H2,12,13,14,15). The van der Waals surface area contributed by atoms with Crippen molar-refractivity contribution in [2.45, 2.75) is 25.0 Å². The second kappa shape index (κ2) is 6.95. The van der Waals surface area contributed by atoms with E-state index in [2.05, 4.69) is 20.6 Å². The Bertz CT molecular complexity index is 519. The summed E-state index contributed by atoms with van der Waals surface area (Å²) < 4.78 is 22.5. The van der Waals surface area contributed by atoms with Gasteiger partial charge in [0.2, 0.25) is 0 Å². The summed E-state index contributed by atoms with van der Waals surface area (Å²) in [4.78, 5) is 8.62. The van der Waals surface area contributed by atoms with Crippen molar-refractivity contribution in [3.63, 3.8) is 0 Å². The Morgan fingerprint density at radius 3 is 2.53 bits per heavy atom. The summed E-state index contributed by atoms with van der Waals surface area (Å²) in [5, 5.41) is 6.86. The van der Waals surface area contributed by atoms with Crippen molar-refractivity contribution in [2.75, 3.05) is 35.4 Å². The van der Waals surface area contributed by atoms with E-state index in [1.54, 1.807) is 6.07 Å². The number of sulfone groups is 1. The zero-order valence-corrected chi connectivity index (χ0v) is 13.2. The van der Waals surface area contributed by atoms with Crippen molar-refractivity contribution in [1.82, 2.24) is 9.97 Å². The molecule has 1 rings (SSSR count). The van der Waals surface area contributed by atoms with Gasteiger partial charge in [0.1, 0.15) is 21.5 Å². The highest BCUT2D eigenvalue weighted by molar-refractivity contribution is 7.98. The lowest BCUT2D eigenvalue weighted by molar-refractivity contribution is 0.598. The summed E-state index contributed by atoms with van der Waals surface area (Å²) in [6, 6.07) is 1.58. The quantitative estimate of drug-likeness (QED) is 0.583. The number of nitrogens with one attached hydrogen (secondary N) is 2.